The van der Waals surface area contributed by atoms with Crippen molar-refractivity contribution < 1.29 is 27.9 Å². The molecule has 1 aliphatic heterocycles. The lowest BCUT2D eigenvalue weighted by Crippen LogP contribution is -2.56. The molecule has 0 aromatic heterocycles. The van der Waals surface area contributed by atoms with Gasteiger partial charge in [-0.1, -0.05) is 13.8 Å². The second-order valence-electron chi connectivity index (χ2n) is 4.50. The first-order valence-corrected chi connectivity index (χ1v) is 5.25. The SMILES string of the molecule is C[C@@H]1CN(C(=O)C(F)(F)F)[C@H](C(=O)O)C[C@@H]1C. The molecule has 0 radical (unpaired) electrons. The van der Waals surface area contributed by atoms with E-state index in [0.29, 0.717) is 4.90 Å². The van der Waals surface area contributed by atoms with Gasteiger partial charge in [0.25, 0.3) is 0 Å². The van der Waals surface area contributed by atoms with Crippen LogP contribution in [0.1, 0.15) is 20.3 Å². The second kappa shape index (κ2) is 4.54. The summed E-state index contributed by atoms with van der Waals surface area (Å²) in [4.78, 5) is 22.4. The van der Waals surface area contributed by atoms with E-state index in [1.807, 2.05) is 0 Å². The maximum atomic E-state index is 12.3. The summed E-state index contributed by atoms with van der Waals surface area (Å²) in [5.41, 5.74) is 0. The van der Waals surface area contributed by atoms with Crippen LogP contribution in [-0.2, 0) is 9.59 Å². The Hall–Kier alpha value is -1.27. The largest absolute Gasteiger partial charge is 0.480 e. The lowest BCUT2D eigenvalue weighted by molar-refractivity contribution is -0.193. The van der Waals surface area contributed by atoms with Gasteiger partial charge in [-0.15, -0.1) is 0 Å². The Morgan fingerprint density at radius 2 is 1.76 bits per heavy atom. The van der Waals surface area contributed by atoms with Gasteiger partial charge in [0.05, 0.1) is 0 Å². The number of alkyl halides is 3. The Balaban J connectivity index is 2.94. The van der Waals surface area contributed by atoms with E-state index in [1.165, 1.54) is 0 Å². The fraction of sp³-hybridized carbons (Fsp3) is 0.800. The van der Waals surface area contributed by atoms with E-state index >= 15 is 0 Å². The molecule has 0 unspecified atom stereocenters. The molecular formula is C10H14F3NO3. The number of carbonyl (C=O) groups is 2. The highest BCUT2D eigenvalue weighted by Gasteiger charge is 2.48. The lowest BCUT2D eigenvalue weighted by atomic mass is 9.84. The number of carboxylic acid groups (broad SMARTS) is 1. The highest BCUT2D eigenvalue weighted by molar-refractivity contribution is 5.87. The molecule has 4 nitrogen and oxygen atoms in total. The van der Waals surface area contributed by atoms with Gasteiger partial charge < -0.3 is 10.0 Å². The number of nitrogens with zero attached hydrogens (tertiary/aromatic N) is 1. The van der Waals surface area contributed by atoms with Crippen molar-refractivity contribution >= 4 is 11.9 Å². The number of carboxylic acids is 1. The number of halogens is 3. The van der Waals surface area contributed by atoms with Crippen molar-refractivity contribution in [2.75, 3.05) is 6.54 Å². The van der Waals surface area contributed by atoms with E-state index in [2.05, 4.69) is 0 Å². The highest BCUT2D eigenvalue weighted by Crippen LogP contribution is 2.31. The molecule has 0 aromatic rings. The molecule has 1 saturated heterocycles. The minimum Gasteiger partial charge on any atom is -0.480 e. The molecule has 1 heterocycles. The monoisotopic (exact) mass is 253 g/mol. The van der Waals surface area contributed by atoms with Crippen molar-refractivity contribution in [2.24, 2.45) is 11.8 Å². The zero-order valence-electron chi connectivity index (χ0n) is 9.49. The van der Waals surface area contributed by atoms with Gasteiger partial charge in [0.1, 0.15) is 6.04 Å². The van der Waals surface area contributed by atoms with Crippen LogP contribution in [0.25, 0.3) is 0 Å². The smallest absolute Gasteiger partial charge is 0.471 e. The fourth-order valence-corrected chi connectivity index (χ4v) is 1.95. The van der Waals surface area contributed by atoms with E-state index in [9.17, 15) is 22.8 Å². The van der Waals surface area contributed by atoms with Crippen LogP contribution in [0.15, 0.2) is 0 Å². The van der Waals surface area contributed by atoms with Gasteiger partial charge in [-0.3, -0.25) is 4.79 Å². The maximum absolute atomic E-state index is 12.3. The van der Waals surface area contributed by atoms with Crippen molar-refractivity contribution in [3.8, 4) is 0 Å². The maximum Gasteiger partial charge on any atom is 0.471 e. The molecule has 1 N–H and O–H groups in total. The van der Waals surface area contributed by atoms with Crippen molar-refractivity contribution in [3.05, 3.63) is 0 Å². The first kappa shape index (κ1) is 13.8. The molecule has 0 aromatic carbocycles. The Kier molecular flexibility index (Phi) is 3.68. The molecule has 98 valence electrons. The second-order valence-corrected chi connectivity index (χ2v) is 4.50. The molecule has 17 heavy (non-hydrogen) atoms. The third-order valence-electron chi connectivity index (χ3n) is 3.22. The predicted octanol–water partition coefficient (Wildman–Crippen LogP) is 1.51. The molecule has 1 amide bonds. The van der Waals surface area contributed by atoms with Crippen LogP contribution in [-0.4, -0.2) is 40.6 Å². The van der Waals surface area contributed by atoms with Crippen LogP contribution in [0.2, 0.25) is 0 Å². The van der Waals surface area contributed by atoms with Gasteiger partial charge >= 0.3 is 18.1 Å². The van der Waals surface area contributed by atoms with E-state index in [-0.39, 0.29) is 24.8 Å². The summed E-state index contributed by atoms with van der Waals surface area (Å²) in [7, 11) is 0. The number of rotatable bonds is 1. The summed E-state index contributed by atoms with van der Waals surface area (Å²) in [5, 5.41) is 8.87. The standard InChI is InChI=1S/C10H14F3NO3/c1-5-3-7(8(15)16)14(4-6(5)2)9(17)10(11,12)13/h5-7H,3-4H2,1-2H3,(H,15,16)/t5-,6+,7-/m0/s1. The molecule has 0 bridgehead atoms. The Labute approximate surface area is 96.4 Å². The Bertz CT molecular complexity index is 329. The molecule has 0 aliphatic carbocycles. The number of piperidine rings is 1. The molecular weight excluding hydrogens is 239 g/mol. The average molecular weight is 253 g/mol. The third-order valence-corrected chi connectivity index (χ3v) is 3.22. The molecule has 7 heteroatoms. The number of hydrogen-bond acceptors (Lipinski definition) is 2. The molecule has 1 aliphatic rings. The van der Waals surface area contributed by atoms with Crippen molar-refractivity contribution in [1.29, 1.82) is 0 Å². The Morgan fingerprint density at radius 3 is 2.18 bits per heavy atom. The van der Waals surface area contributed by atoms with Gasteiger partial charge in [-0.05, 0) is 18.3 Å². The first-order valence-electron chi connectivity index (χ1n) is 5.25. The molecule has 3 atom stereocenters. The van der Waals surface area contributed by atoms with Crippen molar-refractivity contribution in [3.63, 3.8) is 0 Å². The molecule has 0 saturated carbocycles. The molecule has 1 fully saturated rings. The number of amides is 1. The minimum atomic E-state index is -5.02. The van der Waals surface area contributed by atoms with Crippen molar-refractivity contribution in [1.82, 2.24) is 4.90 Å². The highest BCUT2D eigenvalue weighted by atomic mass is 19.4. The van der Waals surface area contributed by atoms with Gasteiger partial charge in [-0.2, -0.15) is 13.2 Å². The summed E-state index contributed by atoms with van der Waals surface area (Å²) in [6, 6.07) is -1.38. The average Bonchev–Trinajstić information content (AvgIpc) is 2.18. The van der Waals surface area contributed by atoms with E-state index in [4.69, 9.17) is 5.11 Å². The first-order chi connectivity index (χ1) is 7.64. The fourth-order valence-electron chi connectivity index (χ4n) is 1.95. The van der Waals surface area contributed by atoms with Gasteiger partial charge in [-0.25, -0.2) is 4.79 Å². The number of hydrogen-bond donors (Lipinski definition) is 1. The van der Waals surface area contributed by atoms with Crippen LogP contribution in [0, 0.1) is 11.8 Å². The zero-order valence-corrected chi connectivity index (χ0v) is 9.49. The predicted molar refractivity (Wildman–Crippen MR) is 52.1 cm³/mol. The number of aliphatic carboxylic acids is 1. The van der Waals surface area contributed by atoms with E-state index < -0.39 is 24.1 Å². The summed E-state index contributed by atoms with van der Waals surface area (Å²) >= 11 is 0. The van der Waals surface area contributed by atoms with Crippen LogP contribution in [0.3, 0.4) is 0 Å². The minimum absolute atomic E-state index is 0.0200. The van der Waals surface area contributed by atoms with E-state index in [0.717, 1.165) is 0 Å². The lowest BCUT2D eigenvalue weighted by Gasteiger charge is -2.40. The summed E-state index contributed by atoms with van der Waals surface area (Å²) in [6.07, 6.45) is -4.97. The number of likely N-dealkylation sites (tertiary alicyclic amines) is 1. The van der Waals surface area contributed by atoms with E-state index in [1.54, 1.807) is 13.8 Å². The molecule has 0 spiro atoms. The van der Waals surface area contributed by atoms with Crippen LogP contribution in [0.4, 0.5) is 13.2 Å². The quantitative estimate of drug-likeness (QED) is 0.770. The third kappa shape index (κ3) is 2.89. The summed E-state index contributed by atoms with van der Waals surface area (Å²) < 4.78 is 36.9. The summed E-state index contributed by atoms with van der Waals surface area (Å²) in [5.74, 6) is -3.62. The number of carbonyl (C=O) groups excluding carboxylic acids is 1. The van der Waals surface area contributed by atoms with Crippen LogP contribution in [0.5, 0.6) is 0 Å². The van der Waals surface area contributed by atoms with Gasteiger partial charge in [0, 0.05) is 6.54 Å². The van der Waals surface area contributed by atoms with Gasteiger partial charge in [0.2, 0.25) is 0 Å². The van der Waals surface area contributed by atoms with Crippen LogP contribution >= 0.6 is 0 Å². The topological polar surface area (TPSA) is 57.6 Å². The normalized spacial score (nSPS) is 30.2. The van der Waals surface area contributed by atoms with Gasteiger partial charge in [0.15, 0.2) is 0 Å². The van der Waals surface area contributed by atoms with Crippen molar-refractivity contribution in [2.45, 2.75) is 32.5 Å². The Morgan fingerprint density at radius 1 is 1.24 bits per heavy atom. The zero-order chi connectivity index (χ0) is 13.4. The molecule has 1 rings (SSSR count). The summed E-state index contributed by atoms with van der Waals surface area (Å²) in [6.45, 7) is 3.31. The van der Waals surface area contributed by atoms with Crippen LogP contribution < -0.4 is 0 Å².